The van der Waals surface area contributed by atoms with E-state index in [1.54, 1.807) is 12.1 Å². The summed E-state index contributed by atoms with van der Waals surface area (Å²) in [5, 5.41) is 2.83. The summed E-state index contributed by atoms with van der Waals surface area (Å²) in [5.74, 6) is 1.53. The van der Waals surface area contributed by atoms with Crippen LogP contribution in [0.3, 0.4) is 0 Å². The number of benzene rings is 1. The molecule has 29 heavy (non-hydrogen) atoms. The Morgan fingerprint density at radius 2 is 1.69 bits per heavy atom. The van der Waals surface area contributed by atoms with Crippen LogP contribution in [-0.2, 0) is 0 Å². The number of rotatable bonds is 5. The Kier molecular flexibility index (Phi) is 4.72. The summed E-state index contributed by atoms with van der Waals surface area (Å²) in [6.07, 6.45) is 4.68. The number of fused-ring (bicyclic) bond motifs is 1. The van der Waals surface area contributed by atoms with Gasteiger partial charge in [0.2, 0.25) is 0 Å². The zero-order chi connectivity index (χ0) is 19.8. The Morgan fingerprint density at radius 1 is 0.966 bits per heavy atom. The highest BCUT2D eigenvalue weighted by Gasteiger charge is 2.27. The molecule has 0 atom stereocenters. The summed E-state index contributed by atoms with van der Waals surface area (Å²) in [5.41, 5.74) is 2.22. The lowest BCUT2D eigenvalue weighted by Gasteiger charge is -2.35. The van der Waals surface area contributed by atoms with Gasteiger partial charge in [-0.1, -0.05) is 0 Å². The van der Waals surface area contributed by atoms with E-state index in [1.807, 2.05) is 18.3 Å². The summed E-state index contributed by atoms with van der Waals surface area (Å²) in [7, 11) is 0. The number of anilines is 2. The summed E-state index contributed by atoms with van der Waals surface area (Å²) in [4.78, 5) is 17.6. The van der Waals surface area contributed by atoms with Crippen molar-refractivity contribution < 1.29 is 9.18 Å². The first-order chi connectivity index (χ1) is 14.2. The zero-order valence-electron chi connectivity index (χ0n) is 16.4. The summed E-state index contributed by atoms with van der Waals surface area (Å²) in [6, 6.07) is 13.8. The van der Waals surface area contributed by atoms with Gasteiger partial charge >= 0.3 is 0 Å². The number of aromatic nitrogens is 1. The molecule has 3 aromatic rings. The van der Waals surface area contributed by atoms with Crippen LogP contribution in [0, 0.1) is 11.7 Å². The molecule has 0 radical (unpaired) electrons. The summed E-state index contributed by atoms with van der Waals surface area (Å²) >= 11 is 0. The summed E-state index contributed by atoms with van der Waals surface area (Å²) < 4.78 is 15.2. The second-order valence-corrected chi connectivity index (χ2v) is 8.10. The van der Waals surface area contributed by atoms with Crippen LogP contribution in [0.4, 0.5) is 15.9 Å². The smallest absolute Gasteiger partial charge is 0.257 e. The second kappa shape index (κ2) is 7.52. The Bertz CT molecular complexity index is 1020. The van der Waals surface area contributed by atoms with E-state index in [9.17, 15) is 9.18 Å². The third kappa shape index (κ3) is 3.98. The van der Waals surface area contributed by atoms with Crippen molar-refractivity contribution in [1.29, 1.82) is 0 Å². The topological polar surface area (TPSA) is 40.0 Å². The lowest BCUT2D eigenvalue weighted by Crippen LogP contribution is -2.47. The number of halogens is 1. The Morgan fingerprint density at radius 3 is 2.41 bits per heavy atom. The molecule has 2 aromatic heterocycles. The highest BCUT2D eigenvalue weighted by molar-refractivity contribution is 6.04. The molecule has 1 amide bonds. The molecule has 1 N–H and O–H groups in total. The normalized spacial score (nSPS) is 17.6. The number of carbonyl (C=O) groups is 1. The van der Waals surface area contributed by atoms with Crippen molar-refractivity contribution in [1.82, 2.24) is 9.30 Å². The van der Waals surface area contributed by atoms with Gasteiger partial charge in [0, 0.05) is 50.1 Å². The molecule has 0 unspecified atom stereocenters. The summed E-state index contributed by atoms with van der Waals surface area (Å²) in [6.45, 7) is 5.44. The number of piperazine rings is 1. The van der Waals surface area contributed by atoms with Gasteiger partial charge in [-0.25, -0.2) is 4.39 Å². The van der Waals surface area contributed by atoms with Crippen LogP contribution < -0.4 is 10.2 Å². The number of nitrogens with zero attached hydrogens (tertiary/aromatic N) is 3. The lowest BCUT2D eigenvalue weighted by molar-refractivity contribution is 0.102. The molecule has 1 aromatic carbocycles. The second-order valence-electron chi connectivity index (χ2n) is 8.10. The van der Waals surface area contributed by atoms with Crippen molar-refractivity contribution in [3.8, 4) is 0 Å². The molecule has 1 saturated heterocycles. The first kappa shape index (κ1) is 18.2. The first-order valence-electron chi connectivity index (χ1n) is 10.3. The first-order valence-corrected chi connectivity index (χ1v) is 10.3. The average molecular weight is 392 g/mol. The van der Waals surface area contributed by atoms with Crippen molar-refractivity contribution >= 4 is 22.9 Å². The molecule has 5 nitrogen and oxygen atoms in total. The molecule has 1 aliphatic carbocycles. The standard InChI is InChI=1S/C23H25FN4O/c24-19-4-6-20(7-5-19)25-23(29)18-3-8-21-9-10-22(28(21)16-18)27-13-11-26(12-14-27)15-17-1-2-17/h3-10,16-17H,1-2,11-15H2,(H,25,29). The molecule has 2 aliphatic rings. The maximum atomic E-state index is 13.1. The maximum absolute atomic E-state index is 13.1. The molecule has 0 bridgehead atoms. The van der Waals surface area contributed by atoms with E-state index in [0.29, 0.717) is 11.3 Å². The van der Waals surface area contributed by atoms with Crippen LogP contribution in [0.15, 0.2) is 54.7 Å². The molecule has 5 rings (SSSR count). The Balaban J connectivity index is 1.32. The van der Waals surface area contributed by atoms with Gasteiger partial charge in [-0.3, -0.25) is 9.69 Å². The lowest BCUT2D eigenvalue weighted by atomic mass is 10.2. The third-order valence-electron chi connectivity index (χ3n) is 5.90. The minimum absolute atomic E-state index is 0.201. The molecule has 150 valence electrons. The number of hydrogen-bond acceptors (Lipinski definition) is 3. The van der Waals surface area contributed by atoms with Crippen molar-refractivity contribution in [3.63, 3.8) is 0 Å². The number of carbonyl (C=O) groups excluding carboxylic acids is 1. The Hall–Kier alpha value is -2.86. The quantitative estimate of drug-likeness (QED) is 0.717. The molecule has 3 heterocycles. The molecule has 2 fully saturated rings. The number of nitrogens with one attached hydrogen (secondary N) is 1. The molecular weight excluding hydrogens is 367 g/mol. The SMILES string of the molecule is O=C(Nc1ccc(F)cc1)c1ccc2ccc(N3CCN(CC4CC4)CC3)n2c1. The third-order valence-corrected chi connectivity index (χ3v) is 5.90. The van der Waals surface area contributed by atoms with Gasteiger partial charge in [-0.05, 0) is 67.3 Å². The average Bonchev–Trinajstić information content (AvgIpc) is 3.45. The minimum atomic E-state index is -0.321. The van der Waals surface area contributed by atoms with E-state index in [1.165, 1.54) is 31.5 Å². The van der Waals surface area contributed by atoms with Crippen molar-refractivity contribution in [2.75, 3.05) is 42.9 Å². The van der Waals surface area contributed by atoms with Gasteiger partial charge in [0.15, 0.2) is 0 Å². The van der Waals surface area contributed by atoms with E-state index in [0.717, 1.165) is 43.4 Å². The molecule has 1 saturated carbocycles. The highest BCUT2D eigenvalue weighted by atomic mass is 19.1. The number of amides is 1. The van der Waals surface area contributed by atoms with Gasteiger partial charge < -0.3 is 14.6 Å². The number of pyridine rings is 1. The predicted molar refractivity (Wildman–Crippen MR) is 113 cm³/mol. The predicted octanol–water partition coefficient (Wildman–Crippen LogP) is 3.86. The van der Waals surface area contributed by atoms with Crippen LogP contribution in [0.1, 0.15) is 23.2 Å². The minimum Gasteiger partial charge on any atom is -0.355 e. The van der Waals surface area contributed by atoms with Crippen LogP contribution in [0.5, 0.6) is 0 Å². The van der Waals surface area contributed by atoms with Gasteiger partial charge in [-0.15, -0.1) is 0 Å². The fourth-order valence-electron chi connectivity index (χ4n) is 4.04. The van der Waals surface area contributed by atoms with Crippen LogP contribution in [0.2, 0.25) is 0 Å². The van der Waals surface area contributed by atoms with Crippen molar-refractivity contribution in [2.45, 2.75) is 12.8 Å². The van der Waals surface area contributed by atoms with Crippen LogP contribution in [-0.4, -0.2) is 47.9 Å². The van der Waals surface area contributed by atoms with E-state index < -0.39 is 0 Å². The van der Waals surface area contributed by atoms with Gasteiger partial charge in [-0.2, -0.15) is 0 Å². The van der Waals surface area contributed by atoms with E-state index in [-0.39, 0.29) is 11.7 Å². The fraction of sp³-hybridized carbons (Fsp3) is 0.348. The highest BCUT2D eigenvalue weighted by Crippen LogP contribution is 2.30. The van der Waals surface area contributed by atoms with Crippen molar-refractivity contribution in [3.05, 3.63) is 66.1 Å². The van der Waals surface area contributed by atoms with E-state index >= 15 is 0 Å². The van der Waals surface area contributed by atoms with E-state index in [4.69, 9.17) is 0 Å². The van der Waals surface area contributed by atoms with Gasteiger partial charge in [0.05, 0.1) is 5.56 Å². The van der Waals surface area contributed by atoms with Crippen molar-refractivity contribution in [2.24, 2.45) is 5.92 Å². The van der Waals surface area contributed by atoms with E-state index in [2.05, 4.69) is 31.7 Å². The molecular formula is C23H25FN4O. The Labute approximate surface area is 169 Å². The molecule has 1 aliphatic heterocycles. The van der Waals surface area contributed by atoms with Gasteiger partial charge in [0.1, 0.15) is 11.6 Å². The number of hydrogen-bond donors (Lipinski definition) is 1. The van der Waals surface area contributed by atoms with Crippen LogP contribution in [0.25, 0.3) is 5.52 Å². The zero-order valence-corrected chi connectivity index (χ0v) is 16.4. The van der Waals surface area contributed by atoms with Gasteiger partial charge in [0.25, 0.3) is 5.91 Å². The molecule has 0 spiro atoms. The largest absolute Gasteiger partial charge is 0.355 e. The molecule has 6 heteroatoms. The van der Waals surface area contributed by atoms with Crippen LogP contribution >= 0.6 is 0 Å². The monoisotopic (exact) mass is 392 g/mol. The maximum Gasteiger partial charge on any atom is 0.257 e. The fourth-order valence-corrected chi connectivity index (χ4v) is 4.04.